The van der Waals surface area contributed by atoms with Gasteiger partial charge in [0.15, 0.2) is 0 Å². The lowest BCUT2D eigenvalue weighted by Gasteiger charge is -2.14. The van der Waals surface area contributed by atoms with Crippen molar-refractivity contribution in [1.82, 2.24) is 5.32 Å². The summed E-state index contributed by atoms with van der Waals surface area (Å²) in [6.07, 6.45) is 2.16. The molecule has 0 aromatic rings. The molecule has 0 aromatic carbocycles. The van der Waals surface area contributed by atoms with Gasteiger partial charge in [0.2, 0.25) is 0 Å². The molecule has 1 N–H and O–H groups in total. The van der Waals surface area contributed by atoms with Gasteiger partial charge in [-0.2, -0.15) is 11.8 Å². The minimum absolute atomic E-state index is 0.617. The van der Waals surface area contributed by atoms with Gasteiger partial charge in [-0.15, -0.1) is 0 Å². The molecule has 0 radical (unpaired) electrons. The molecule has 0 fully saturated rings. The van der Waals surface area contributed by atoms with Crippen molar-refractivity contribution in [2.24, 2.45) is 11.8 Å². The average molecular weight is 205 g/mol. The van der Waals surface area contributed by atoms with E-state index < -0.39 is 0 Å². The highest BCUT2D eigenvalue weighted by Crippen LogP contribution is 2.02. The van der Waals surface area contributed by atoms with Crippen LogP contribution >= 0.6 is 11.8 Å². The molecule has 2 unspecified atom stereocenters. The van der Waals surface area contributed by atoms with E-state index in [1.165, 1.54) is 5.75 Å². The first-order valence-corrected chi connectivity index (χ1v) is 6.28. The van der Waals surface area contributed by atoms with Crippen molar-refractivity contribution in [2.45, 2.75) is 13.8 Å². The molecular weight excluding hydrogens is 182 g/mol. The van der Waals surface area contributed by atoms with Crippen molar-refractivity contribution in [1.29, 1.82) is 0 Å². The zero-order valence-electron chi connectivity index (χ0n) is 9.30. The Balaban J connectivity index is 3.23. The molecule has 0 amide bonds. The molecule has 2 atom stereocenters. The van der Waals surface area contributed by atoms with Crippen molar-refractivity contribution < 1.29 is 4.74 Å². The average Bonchev–Trinajstić information content (AvgIpc) is 2.05. The van der Waals surface area contributed by atoms with Crippen molar-refractivity contribution in [3.63, 3.8) is 0 Å². The molecule has 3 heteroatoms. The molecular formula is C10H23NOS. The Morgan fingerprint density at radius 2 is 1.85 bits per heavy atom. The van der Waals surface area contributed by atoms with Crippen molar-refractivity contribution >= 4 is 11.8 Å². The quantitative estimate of drug-likeness (QED) is 0.653. The van der Waals surface area contributed by atoms with Gasteiger partial charge in [-0.05, 0) is 36.9 Å². The maximum atomic E-state index is 5.06. The van der Waals surface area contributed by atoms with Gasteiger partial charge in [-0.3, -0.25) is 0 Å². The maximum absolute atomic E-state index is 5.06. The van der Waals surface area contributed by atoms with Gasteiger partial charge in [0, 0.05) is 13.7 Å². The molecule has 0 aromatic heterocycles. The lowest BCUT2D eigenvalue weighted by atomic mass is 10.2. The summed E-state index contributed by atoms with van der Waals surface area (Å²) >= 11 is 1.91. The minimum Gasteiger partial charge on any atom is -0.384 e. The van der Waals surface area contributed by atoms with Gasteiger partial charge in [-0.25, -0.2) is 0 Å². The second-order valence-corrected chi connectivity index (χ2v) is 4.69. The first-order chi connectivity index (χ1) is 6.20. The fourth-order valence-corrected chi connectivity index (χ4v) is 1.95. The van der Waals surface area contributed by atoms with Crippen LogP contribution in [0.1, 0.15) is 13.8 Å². The monoisotopic (exact) mass is 205 g/mol. The Bertz CT molecular complexity index is 99.1. The van der Waals surface area contributed by atoms with E-state index in [-0.39, 0.29) is 0 Å². The molecule has 0 aliphatic rings. The summed E-state index contributed by atoms with van der Waals surface area (Å²) in [5, 5.41) is 3.46. The van der Waals surface area contributed by atoms with Gasteiger partial charge in [-0.1, -0.05) is 13.8 Å². The zero-order valence-corrected chi connectivity index (χ0v) is 10.1. The predicted molar refractivity (Wildman–Crippen MR) is 61.5 cm³/mol. The van der Waals surface area contributed by atoms with Gasteiger partial charge < -0.3 is 10.1 Å². The Hall–Kier alpha value is 0.270. The van der Waals surface area contributed by atoms with Gasteiger partial charge in [0.25, 0.3) is 0 Å². The van der Waals surface area contributed by atoms with Crippen molar-refractivity contribution in [3.05, 3.63) is 0 Å². The van der Waals surface area contributed by atoms with Gasteiger partial charge >= 0.3 is 0 Å². The fourth-order valence-electron chi connectivity index (χ4n) is 1.26. The lowest BCUT2D eigenvalue weighted by Crippen LogP contribution is -2.28. The number of nitrogens with one attached hydrogen (secondary N) is 1. The third-order valence-electron chi connectivity index (χ3n) is 1.89. The summed E-state index contributed by atoms with van der Waals surface area (Å²) < 4.78 is 5.06. The maximum Gasteiger partial charge on any atom is 0.0499 e. The first kappa shape index (κ1) is 13.3. The molecule has 0 saturated heterocycles. The fraction of sp³-hybridized carbons (Fsp3) is 1.00. The zero-order chi connectivity index (χ0) is 10.1. The van der Waals surface area contributed by atoms with E-state index in [0.29, 0.717) is 5.92 Å². The van der Waals surface area contributed by atoms with Crippen LogP contribution in [-0.2, 0) is 4.74 Å². The second-order valence-electron chi connectivity index (χ2n) is 3.78. The van der Waals surface area contributed by atoms with Crippen molar-refractivity contribution in [3.8, 4) is 0 Å². The lowest BCUT2D eigenvalue weighted by molar-refractivity contribution is 0.158. The van der Waals surface area contributed by atoms with E-state index in [0.717, 1.165) is 25.6 Å². The van der Waals surface area contributed by atoms with Crippen molar-refractivity contribution in [2.75, 3.05) is 38.8 Å². The summed E-state index contributed by atoms with van der Waals surface area (Å²) in [6, 6.07) is 0. The molecule has 0 aliphatic heterocycles. The summed E-state index contributed by atoms with van der Waals surface area (Å²) in [6.45, 7) is 7.52. The van der Waals surface area contributed by atoms with Crippen LogP contribution in [0.15, 0.2) is 0 Å². The van der Waals surface area contributed by atoms with Crippen LogP contribution < -0.4 is 5.32 Å². The van der Waals surface area contributed by atoms with Crippen LogP contribution in [0.25, 0.3) is 0 Å². The number of methoxy groups -OCH3 is 1. The molecule has 0 rings (SSSR count). The third kappa shape index (κ3) is 8.60. The third-order valence-corrected chi connectivity index (χ3v) is 2.79. The number of ether oxygens (including phenoxy) is 1. The van der Waals surface area contributed by atoms with Crippen LogP contribution in [0.5, 0.6) is 0 Å². The Morgan fingerprint density at radius 1 is 1.23 bits per heavy atom. The van der Waals surface area contributed by atoms with E-state index in [1.807, 2.05) is 11.8 Å². The number of hydrogen-bond donors (Lipinski definition) is 1. The van der Waals surface area contributed by atoms with Crippen LogP contribution in [0.4, 0.5) is 0 Å². The molecule has 80 valence electrons. The van der Waals surface area contributed by atoms with Crippen LogP contribution in [0.2, 0.25) is 0 Å². The highest BCUT2D eigenvalue weighted by molar-refractivity contribution is 7.98. The molecule has 0 bridgehead atoms. The summed E-state index contributed by atoms with van der Waals surface area (Å²) in [5.41, 5.74) is 0. The Labute approximate surface area is 86.8 Å². The molecule has 0 spiro atoms. The van der Waals surface area contributed by atoms with E-state index >= 15 is 0 Å². The summed E-state index contributed by atoms with van der Waals surface area (Å²) in [7, 11) is 1.76. The van der Waals surface area contributed by atoms with Crippen LogP contribution in [-0.4, -0.2) is 38.8 Å². The summed E-state index contributed by atoms with van der Waals surface area (Å²) in [4.78, 5) is 0. The van der Waals surface area contributed by atoms with Gasteiger partial charge in [0.05, 0.1) is 0 Å². The van der Waals surface area contributed by atoms with E-state index in [9.17, 15) is 0 Å². The van der Waals surface area contributed by atoms with E-state index in [1.54, 1.807) is 7.11 Å². The standard InChI is InChI=1S/C10H23NOS/c1-9(7-12-3)5-11-6-10(2)8-13-4/h9-11H,5-8H2,1-4H3. The summed E-state index contributed by atoms with van der Waals surface area (Å²) in [5.74, 6) is 2.63. The first-order valence-electron chi connectivity index (χ1n) is 4.89. The van der Waals surface area contributed by atoms with Crippen LogP contribution in [0.3, 0.4) is 0 Å². The van der Waals surface area contributed by atoms with E-state index in [2.05, 4.69) is 25.4 Å². The number of thioether (sulfide) groups is 1. The topological polar surface area (TPSA) is 21.3 Å². The van der Waals surface area contributed by atoms with Crippen LogP contribution in [0, 0.1) is 11.8 Å². The number of rotatable bonds is 8. The number of hydrogen-bond acceptors (Lipinski definition) is 3. The minimum atomic E-state index is 0.617. The predicted octanol–water partition coefficient (Wildman–Crippen LogP) is 1.86. The molecule has 0 saturated carbocycles. The van der Waals surface area contributed by atoms with Gasteiger partial charge in [0.1, 0.15) is 0 Å². The van der Waals surface area contributed by atoms with E-state index in [4.69, 9.17) is 4.74 Å². The molecule has 0 heterocycles. The second kappa shape index (κ2) is 8.85. The normalized spacial score (nSPS) is 15.7. The molecule has 13 heavy (non-hydrogen) atoms. The SMILES string of the molecule is COCC(C)CNCC(C)CSC. The molecule has 2 nitrogen and oxygen atoms in total. The smallest absolute Gasteiger partial charge is 0.0499 e. The largest absolute Gasteiger partial charge is 0.384 e. The highest BCUT2D eigenvalue weighted by Gasteiger charge is 2.03. The molecule has 0 aliphatic carbocycles. The Morgan fingerprint density at radius 3 is 2.38 bits per heavy atom. The Kier molecular flexibility index (Phi) is 9.03. The highest BCUT2D eigenvalue weighted by atomic mass is 32.2.